The molecule has 6 heteroatoms. The van der Waals surface area contributed by atoms with Crippen molar-refractivity contribution in [2.24, 2.45) is 9.98 Å². The molecule has 11 rings (SSSR count). The molecule has 0 saturated heterocycles. The molecule has 0 aliphatic carbocycles. The van der Waals surface area contributed by atoms with Gasteiger partial charge in [-0.1, -0.05) is 158 Å². The Hall–Kier alpha value is -7.64. The maximum absolute atomic E-state index is 5.44. The van der Waals surface area contributed by atoms with Gasteiger partial charge >= 0.3 is 0 Å². The van der Waals surface area contributed by atoms with Gasteiger partial charge in [-0.25, -0.2) is 9.98 Å². The first-order valence-corrected chi connectivity index (χ1v) is 23.3. The summed E-state index contributed by atoms with van der Waals surface area (Å²) in [6.45, 7) is 0. The summed E-state index contributed by atoms with van der Waals surface area (Å²) in [7, 11) is 0. The summed E-state index contributed by atoms with van der Waals surface area (Å²) >= 11 is 3.46. The van der Waals surface area contributed by atoms with Crippen molar-refractivity contribution in [2.75, 3.05) is 0 Å². The maximum Gasteiger partial charge on any atom is 0.0809 e. The van der Waals surface area contributed by atoms with Crippen LogP contribution in [0.4, 0.5) is 0 Å². The summed E-state index contributed by atoms with van der Waals surface area (Å²) in [6, 6.07) is 66.8. The van der Waals surface area contributed by atoms with Crippen molar-refractivity contribution >= 4 is 50.8 Å². The highest BCUT2D eigenvalue weighted by molar-refractivity contribution is 7.13. The topological polar surface area (TPSA) is 56.3 Å². The third-order valence-electron chi connectivity index (χ3n) is 11.8. The second kappa shape index (κ2) is 17.6. The molecule has 4 nitrogen and oxygen atoms in total. The highest BCUT2D eigenvalue weighted by Crippen LogP contribution is 2.40. The summed E-state index contributed by atoms with van der Waals surface area (Å²) in [4.78, 5) is 20.8. The Bertz CT molecular complexity index is 3250. The van der Waals surface area contributed by atoms with Crippen LogP contribution < -0.4 is 0 Å². The Labute approximate surface area is 381 Å². The van der Waals surface area contributed by atoms with Gasteiger partial charge in [0.25, 0.3) is 0 Å². The minimum absolute atomic E-state index is 0.691. The third kappa shape index (κ3) is 8.09. The SMILES string of the molecule is C1=CC(=C(Cc2ccc(C/C(=C3/N=C(c4ccccc4)C=C3c3ccccc3)c3ccc(-c4cccs4)[nH]3)cc2)c2[nH]c(-c3ccccc3)cc2-c2ccccc2)N=C1c1cccs1. The molecule has 6 heterocycles. The Balaban J connectivity index is 1.00. The molecule has 0 saturated carbocycles. The first kappa shape index (κ1) is 39.2. The number of hydrogen-bond acceptors (Lipinski definition) is 4. The molecule has 2 N–H and O–H groups in total. The van der Waals surface area contributed by atoms with E-state index in [4.69, 9.17) is 9.98 Å². The van der Waals surface area contributed by atoms with E-state index in [2.05, 4.69) is 227 Å². The zero-order valence-electron chi connectivity index (χ0n) is 34.9. The minimum Gasteiger partial charge on any atom is -0.354 e. The average Bonchev–Trinajstić information content (AvgIpc) is 4.22. The van der Waals surface area contributed by atoms with Crippen LogP contribution in [0.5, 0.6) is 0 Å². The second-order valence-corrected chi connectivity index (χ2v) is 17.8. The van der Waals surface area contributed by atoms with Crippen molar-refractivity contribution < 1.29 is 0 Å². The Morgan fingerprint density at radius 1 is 0.453 bits per heavy atom. The highest BCUT2D eigenvalue weighted by Gasteiger charge is 2.25. The lowest BCUT2D eigenvalue weighted by molar-refractivity contribution is 1.18. The second-order valence-electron chi connectivity index (χ2n) is 15.9. The van der Waals surface area contributed by atoms with E-state index < -0.39 is 0 Å². The molecule has 0 atom stereocenters. The molecule has 2 aliphatic heterocycles. The molecule has 2 aliphatic rings. The number of benzene rings is 5. The molecular formula is C58H42N4S2. The van der Waals surface area contributed by atoms with E-state index in [0.29, 0.717) is 12.8 Å². The molecule has 64 heavy (non-hydrogen) atoms. The van der Waals surface area contributed by atoms with E-state index in [-0.39, 0.29) is 0 Å². The summed E-state index contributed by atoms with van der Waals surface area (Å²) in [5.74, 6) is 0. The first-order chi connectivity index (χ1) is 31.7. The number of nitrogens with zero attached hydrogens (tertiary/aromatic N) is 2. The standard InChI is InChI=1S/C58H42N4S2/c1-5-15-41(16-6-1)45-37-53(43-19-9-3-10-20-43)61-57(45)47(49-29-31-51(59-49)55-23-13-33-63-55)35-39-25-27-40(28-26-39)36-48(50-30-32-52(60-50)56-24-14-34-64-56)58-46(42-17-7-2-8-18-42)38-54(62-58)44-21-11-4-12-22-44/h1-34,37-38,59,62H,35-36H2/b50-48?,57-47-. The molecule has 5 aromatic carbocycles. The zero-order valence-corrected chi connectivity index (χ0v) is 36.5. The summed E-state index contributed by atoms with van der Waals surface area (Å²) in [6.07, 6.45) is 7.96. The van der Waals surface area contributed by atoms with Crippen molar-refractivity contribution in [3.8, 4) is 33.0 Å². The summed E-state index contributed by atoms with van der Waals surface area (Å²) in [5, 5.41) is 4.24. The number of aromatic amines is 2. The van der Waals surface area contributed by atoms with Crippen LogP contribution >= 0.6 is 22.7 Å². The molecule has 0 bridgehead atoms. The van der Waals surface area contributed by atoms with Crippen LogP contribution in [0, 0.1) is 0 Å². The fourth-order valence-electron chi connectivity index (χ4n) is 8.59. The number of hydrogen-bond donors (Lipinski definition) is 2. The van der Waals surface area contributed by atoms with E-state index >= 15 is 0 Å². The Morgan fingerprint density at radius 3 is 1.69 bits per heavy atom. The van der Waals surface area contributed by atoms with Crippen LogP contribution in [0.25, 0.3) is 49.7 Å². The predicted octanol–water partition coefficient (Wildman–Crippen LogP) is 15.0. The summed E-state index contributed by atoms with van der Waals surface area (Å²) in [5.41, 5.74) is 19.8. The van der Waals surface area contributed by atoms with E-state index in [1.54, 1.807) is 22.7 Å². The predicted molar refractivity (Wildman–Crippen MR) is 271 cm³/mol. The van der Waals surface area contributed by atoms with Gasteiger partial charge in [0.1, 0.15) is 0 Å². The van der Waals surface area contributed by atoms with Crippen LogP contribution in [0.2, 0.25) is 0 Å². The normalized spacial score (nSPS) is 15.0. The quantitative estimate of drug-likeness (QED) is 0.123. The van der Waals surface area contributed by atoms with Crippen LogP contribution in [0.1, 0.15) is 38.5 Å². The van der Waals surface area contributed by atoms with Crippen LogP contribution in [-0.2, 0) is 12.8 Å². The monoisotopic (exact) mass is 858 g/mol. The smallest absolute Gasteiger partial charge is 0.0809 e. The molecule has 9 aromatic rings. The largest absolute Gasteiger partial charge is 0.354 e. The lowest BCUT2D eigenvalue weighted by atomic mass is 9.92. The van der Waals surface area contributed by atoms with Gasteiger partial charge in [0, 0.05) is 52.1 Å². The molecular weight excluding hydrogens is 817 g/mol. The third-order valence-corrected chi connectivity index (χ3v) is 13.6. The molecule has 4 aromatic heterocycles. The van der Waals surface area contributed by atoms with Gasteiger partial charge in [-0.15, -0.1) is 22.7 Å². The van der Waals surface area contributed by atoms with Crippen molar-refractivity contribution in [2.45, 2.75) is 12.8 Å². The molecule has 0 unspecified atom stereocenters. The lowest BCUT2D eigenvalue weighted by Crippen LogP contribution is -2.00. The van der Waals surface area contributed by atoms with Gasteiger partial charge < -0.3 is 9.97 Å². The molecule has 0 spiro atoms. The Morgan fingerprint density at radius 2 is 1.05 bits per heavy atom. The van der Waals surface area contributed by atoms with Crippen LogP contribution in [0.3, 0.4) is 0 Å². The summed E-state index contributed by atoms with van der Waals surface area (Å²) < 4.78 is 0. The zero-order chi connectivity index (χ0) is 42.7. The number of allylic oxidation sites excluding steroid dienone is 6. The van der Waals surface area contributed by atoms with E-state index in [0.717, 1.165) is 95.0 Å². The first-order valence-electron chi connectivity index (χ1n) is 21.5. The van der Waals surface area contributed by atoms with E-state index in [9.17, 15) is 0 Å². The van der Waals surface area contributed by atoms with Crippen molar-refractivity contribution in [1.82, 2.24) is 9.97 Å². The number of aromatic nitrogens is 2. The average molecular weight is 859 g/mol. The van der Waals surface area contributed by atoms with Gasteiger partial charge in [0.15, 0.2) is 0 Å². The van der Waals surface area contributed by atoms with Crippen LogP contribution in [-0.4, -0.2) is 21.4 Å². The minimum atomic E-state index is 0.691. The van der Waals surface area contributed by atoms with Crippen molar-refractivity contribution in [1.29, 1.82) is 0 Å². The van der Waals surface area contributed by atoms with Crippen molar-refractivity contribution in [3.05, 3.63) is 267 Å². The number of nitrogens with one attached hydrogen (secondary N) is 2. The maximum atomic E-state index is 5.44. The van der Waals surface area contributed by atoms with Gasteiger partial charge in [-0.05, 0) is 87.1 Å². The van der Waals surface area contributed by atoms with Gasteiger partial charge in [-0.2, -0.15) is 0 Å². The molecule has 0 radical (unpaired) electrons. The molecule has 0 amide bonds. The number of aliphatic imine (C=N–C) groups is 2. The number of rotatable bonds is 12. The Kier molecular flexibility index (Phi) is 10.8. The number of H-pyrrole nitrogens is 2. The van der Waals surface area contributed by atoms with Gasteiger partial charge in [0.05, 0.1) is 44.0 Å². The molecule has 0 fully saturated rings. The van der Waals surface area contributed by atoms with Crippen LogP contribution in [0.15, 0.2) is 238 Å². The van der Waals surface area contributed by atoms with Gasteiger partial charge in [0.2, 0.25) is 0 Å². The van der Waals surface area contributed by atoms with E-state index in [1.165, 1.54) is 16.0 Å². The molecule has 306 valence electrons. The number of thiophene rings is 2. The lowest BCUT2D eigenvalue weighted by Gasteiger charge is -2.14. The fraction of sp³-hybridized carbons (Fsp3) is 0.0345. The van der Waals surface area contributed by atoms with Crippen molar-refractivity contribution in [3.63, 3.8) is 0 Å². The highest BCUT2D eigenvalue weighted by atomic mass is 32.1. The van der Waals surface area contributed by atoms with E-state index in [1.807, 2.05) is 0 Å². The fourth-order valence-corrected chi connectivity index (χ4v) is 9.99. The van der Waals surface area contributed by atoms with Gasteiger partial charge in [-0.3, -0.25) is 0 Å².